The average Bonchev–Trinajstić information content (AvgIpc) is 2.53. The second-order valence-electron chi connectivity index (χ2n) is 4.65. The van der Waals surface area contributed by atoms with Crippen molar-refractivity contribution in [2.24, 2.45) is 0 Å². The number of rotatable bonds is 12. The highest BCUT2D eigenvalue weighted by molar-refractivity contribution is 5.30. The normalized spacial score (nSPS) is 12.3. The van der Waals surface area contributed by atoms with Gasteiger partial charge >= 0.3 is 0 Å². The van der Waals surface area contributed by atoms with E-state index >= 15 is 0 Å². The Hall–Kier alpha value is -1.14. The predicted octanol–water partition coefficient (Wildman–Crippen LogP) is 2.03. The van der Waals surface area contributed by atoms with Crippen LogP contribution < -0.4 is 10.1 Å². The third kappa shape index (κ3) is 7.43. The van der Waals surface area contributed by atoms with Crippen molar-refractivity contribution in [2.45, 2.75) is 12.5 Å². The lowest BCUT2D eigenvalue weighted by Crippen LogP contribution is -2.21. The molecular formula is C16H27NO4. The molecule has 5 heteroatoms. The van der Waals surface area contributed by atoms with Crippen LogP contribution in [0.25, 0.3) is 0 Å². The second kappa shape index (κ2) is 11.5. The standard InChI is InChI=1S/C16H27NO4/c1-17-13-16(14-6-4-7-15(12-14)19-3)21-11-10-20-9-5-8-18-2/h4,6-7,12,16-17H,5,8-11,13H2,1-3H3. The van der Waals surface area contributed by atoms with Crippen molar-refractivity contribution < 1.29 is 18.9 Å². The molecule has 0 fully saturated rings. The summed E-state index contributed by atoms with van der Waals surface area (Å²) in [7, 11) is 5.28. The van der Waals surface area contributed by atoms with Crippen molar-refractivity contribution in [2.75, 3.05) is 54.2 Å². The summed E-state index contributed by atoms with van der Waals surface area (Å²) in [6, 6.07) is 7.95. The van der Waals surface area contributed by atoms with E-state index in [1.807, 2.05) is 31.3 Å². The lowest BCUT2D eigenvalue weighted by atomic mass is 10.1. The molecule has 1 atom stereocenters. The zero-order valence-electron chi connectivity index (χ0n) is 13.3. The van der Waals surface area contributed by atoms with Gasteiger partial charge in [0.2, 0.25) is 0 Å². The molecule has 0 amide bonds. The molecule has 1 aromatic rings. The van der Waals surface area contributed by atoms with E-state index in [1.54, 1.807) is 14.2 Å². The molecule has 0 aliphatic heterocycles. The molecule has 21 heavy (non-hydrogen) atoms. The summed E-state index contributed by atoms with van der Waals surface area (Å²) in [5, 5.41) is 3.15. The van der Waals surface area contributed by atoms with E-state index in [1.165, 1.54) is 0 Å². The molecule has 0 spiro atoms. The van der Waals surface area contributed by atoms with Gasteiger partial charge in [0.05, 0.1) is 26.4 Å². The number of likely N-dealkylation sites (N-methyl/N-ethyl adjacent to an activating group) is 1. The lowest BCUT2D eigenvalue weighted by molar-refractivity contribution is 0.00135. The third-order valence-corrected chi connectivity index (χ3v) is 3.04. The molecule has 0 saturated heterocycles. The minimum Gasteiger partial charge on any atom is -0.497 e. The van der Waals surface area contributed by atoms with E-state index in [-0.39, 0.29) is 6.10 Å². The molecule has 1 aromatic carbocycles. The third-order valence-electron chi connectivity index (χ3n) is 3.04. The van der Waals surface area contributed by atoms with Crippen molar-refractivity contribution in [3.05, 3.63) is 29.8 Å². The Labute approximate surface area is 127 Å². The van der Waals surface area contributed by atoms with Crippen LogP contribution in [-0.4, -0.2) is 54.2 Å². The fraction of sp³-hybridized carbons (Fsp3) is 0.625. The molecule has 1 unspecified atom stereocenters. The molecule has 0 heterocycles. The minimum absolute atomic E-state index is 0.00678. The maximum atomic E-state index is 5.90. The Morgan fingerprint density at radius 3 is 2.67 bits per heavy atom. The number of benzene rings is 1. The Morgan fingerprint density at radius 1 is 1.10 bits per heavy atom. The van der Waals surface area contributed by atoms with Crippen molar-refractivity contribution in [3.8, 4) is 5.75 Å². The highest BCUT2D eigenvalue weighted by Gasteiger charge is 2.11. The molecule has 1 N–H and O–H groups in total. The Kier molecular flexibility index (Phi) is 9.82. The molecule has 0 bridgehead atoms. The Morgan fingerprint density at radius 2 is 1.95 bits per heavy atom. The van der Waals surface area contributed by atoms with Crippen LogP contribution in [-0.2, 0) is 14.2 Å². The largest absolute Gasteiger partial charge is 0.497 e. The monoisotopic (exact) mass is 297 g/mol. The van der Waals surface area contributed by atoms with E-state index in [4.69, 9.17) is 18.9 Å². The van der Waals surface area contributed by atoms with Gasteiger partial charge in [0.15, 0.2) is 0 Å². The molecule has 0 aromatic heterocycles. The first-order chi connectivity index (χ1) is 10.3. The molecule has 0 saturated carbocycles. The molecule has 120 valence electrons. The van der Waals surface area contributed by atoms with E-state index in [9.17, 15) is 0 Å². The van der Waals surface area contributed by atoms with Gasteiger partial charge in [-0.25, -0.2) is 0 Å². The Bertz CT molecular complexity index is 373. The second-order valence-corrected chi connectivity index (χ2v) is 4.65. The van der Waals surface area contributed by atoms with Gasteiger partial charge in [-0.1, -0.05) is 12.1 Å². The van der Waals surface area contributed by atoms with Gasteiger partial charge in [-0.3, -0.25) is 0 Å². The van der Waals surface area contributed by atoms with Crippen LogP contribution in [0, 0.1) is 0 Å². The van der Waals surface area contributed by atoms with Crippen molar-refractivity contribution in [1.82, 2.24) is 5.32 Å². The van der Waals surface area contributed by atoms with Crippen molar-refractivity contribution >= 4 is 0 Å². The van der Waals surface area contributed by atoms with Crippen LogP contribution >= 0.6 is 0 Å². The van der Waals surface area contributed by atoms with E-state index in [0.717, 1.165) is 30.9 Å². The van der Waals surface area contributed by atoms with Crippen LogP contribution in [0.3, 0.4) is 0 Å². The minimum atomic E-state index is -0.00678. The van der Waals surface area contributed by atoms with Crippen LogP contribution in [0.15, 0.2) is 24.3 Å². The van der Waals surface area contributed by atoms with Crippen molar-refractivity contribution in [1.29, 1.82) is 0 Å². The van der Waals surface area contributed by atoms with Gasteiger partial charge in [0.1, 0.15) is 5.75 Å². The quantitative estimate of drug-likeness (QED) is 0.598. The molecule has 0 radical (unpaired) electrons. The van der Waals surface area contributed by atoms with Gasteiger partial charge in [0, 0.05) is 26.9 Å². The topological polar surface area (TPSA) is 49.0 Å². The highest BCUT2D eigenvalue weighted by atomic mass is 16.5. The maximum Gasteiger partial charge on any atom is 0.119 e. The van der Waals surface area contributed by atoms with Gasteiger partial charge in [-0.15, -0.1) is 0 Å². The fourth-order valence-corrected chi connectivity index (χ4v) is 1.96. The zero-order valence-corrected chi connectivity index (χ0v) is 13.3. The molecule has 5 nitrogen and oxygen atoms in total. The predicted molar refractivity (Wildman–Crippen MR) is 82.9 cm³/mol. The van der Waals surface area contributed by atoms with Gasteiger partial charge < -0.3 is 24.3 Å². The molecule has 0 aliphatic rings. The molecule has 0 aliphatic carbocycles. The van der Waals surface area contributed by atoms with E-state index in [0.29, 0.717) is 19.8 Å². The zero-order chi connectivity index (χ0) is 15.3. The van der Waals surface area contributed by atoms with Crippen LogP contribution in [0.4, 0.5) is 0 Å². The van der Waals surface area contributed by atoms with Gasteiger partial charge in [-0.2, -0.15) is 0 Å². The molecular weight excluding hydrogens is 270 g/mol. The summed E-state index contributed by atoms with van der Waals surface area (Å²) in [6.45, 7) is 3.33. The van der Waals surface area contributed by atoms with Crippen LogP contribution in [0.2, 0.25) is 0 Å². The summed E-state index contributed by atoms with van der Waals surface area (Å²) < 4.78 is 21.6. The number of methoxy groups -OCH3 is 2. The fourth-order valence-electron chi connectivity index (χ4n) is 1.96. The number of nitrogens with one attached hydrogen (secondary N) is 1. The Balaban J connectivity index is 2.35. The van der Waals surface area contributed by atoms with Gasteiger partial charge in [-0.05, 0) is 31.2 Å². The molecule has 1 rings (SSSR count). The number of hydrogen-bond acceptors (Lipinski definition) is 5. The maximum absolute atomic E-state index is 5.90. The lowest BCUT2D eigenvalue weighted by Gasteiger charge is -2.18. The van der Waals surface area contributed by atoms with E-state index < -0.39 is 0 Å². The number of ether oxygens (including phenoxy) is 4. The first-order valence-corrected chi connectivity index (χ1v) is 7.28. The first-order valence-electron chi connectivity index (χ1n) is 7.28. The smallest absolute Gasteiger partial charge is 0.119 e. The number of hydrogen-bond donors (Lipinski definition) is 1. The SMILES string of the molecule is CNCC(OCCOCCCOC)c1cccc(OC)c1. The van der Waals surface area contributed by atoms with Crippen molar-refractivity contribution in [3.63, 3.8) is 0 Å². The summed E-state index contributed by atoms with van der Waals surface area (Å²) in [5.41, 5.74) is 1.10. The summed E-state index contributed by atoms with van der Waals surface area (Å²) in [6.07, 6.45) is 0.902. The van der Waals surface area contributed by atoms with Crippen LogP contribution in [0.1, 0.15) is 18.1 Å². The van der Waals surface area contributed by atoms with Gasteiger partial charge in [0.25, 0.3) is 0 Å². The first kappa shape index (κ1) is 17.9. The van der Waals surface area contributed by atoms with Crippen LogP contribution in [0.5, 0.6) is 5.75 Å². The summed E-state index contributed by atoms with van der Waals surface area (Å²) in [5.74, 6) is 0.841. The van der Waals surface area contributed by atoms with E-state index in [2.05, 4.69) is 5.32 Å². The highest BCUT2D eigenvalue weighted by Crippen LogP contribution is 2.21. The average molecular weight is 297 g/mol. The summed E-state index contributed by atoms with van der Waals surface area (Å²) >= 11 is 0. The summed E-state index contributed by atoms with van der Waals surface area (Å²) in [4.78, 5) is 0.